The zero-order chi connectivity index (χ0) is 18.2. The summed E-state index contributed by atoms with van der Waals surface area (Å²) in [4.78, 5) is 24.7. The maximum atomic E-state index is 12.4. The van der Waals surface area contributed by atoms with Gasteiger partial charge in [-0.3, -0.25) is 9.59 Å². The molecule has 2 amide bonds. The predicted octanol–water partition coefficient (Wildman–Crippen LogP) is 3.36. The molecule has 0 aromatic heterocycles. The predicted molar refractivity (Wildman–Crippen MR) is 101 cm³/mol. The van der Waals surface area contributed by atoms with Gasteiger partial charge in [-0.05, 0) is 55.0 Å². The number of carbonyl (C=O) groups excluding carboxylic acids is 2. The van der Waals surface area contributed by atoms with Crippen molar-refractivity contribution in [2.75, 3.05) is 13.7 Å². The Morgan fingerprint density at radius 3 is 2.28 bits per heavy atom. The number of nitrogens with one attached hydrogen (secondary N) is 2. The molecular formula is C19H19BrN2O3. The highest BCUT2D eigenvalue weighted by Crippen LogP contribution is 2.14. The van der Waals surface area contributed by atoms with Crippen LogP contribution in [0.2, 0.25) is 0 Å². The van der Waals surface area contributed by atoms with Crippen molar-refractivity contribution in [3.63, 3.8) is 0 Å². The molecule has 0 heterocycles. The molecule has 0 aliphatic carbocycles. The van der Waals surface area contributed by atoms with Crippen LogP contribution in [0.15, 0.2) is 58.7 Å². The van der Waals surface area contributed by atoms with Crippen LogP contribution in [-0.4, -0.2) is 25.5 Å². The topological polar surface area (TPSA) is 67.4 Å². The molecule has 0 spiro atoms. The number of methoxy groups -OCH3 is 1. The first-order chi connectivity index (χ1) is 12.0. The normalized spacial score (nSPS) is 10.9. The number of likely N-dealkylation sites (N-methyl/N-ethyl adjacent to an activating group) is 1. The molecule has 2 N–H and O–H groups in total. The van der Waals surface area contributed by atoms with Gasteiger partial charge in [0.2, 0.25) is 0 Å². The van der Waals surface area contributed by atoms with Gasteiger partial charge < -0.3 is 15.4 Å². The third kappa shape index (κ3) is 5.46. The number of benzene rings is 2. The van der Waals surface area contributed by atoms with E-state index in [9.17, 15) is 9.59 Å². The molecule has 0 bridgehead atoms. The molecule has 0 fully saturated rings. The van der Waals surface area contributed by atoms with E-state index in [2.05, 4.69) is 26.6 Å². The third-order valence-electron chi connectivity index (χ3n) is 3.36. The van der Waals surface area contributed by atoms with E-state index in [1.165, 1.54) is 0 Å². The highest BCUT2D eigenvalue weighted by molar-refractivity contribution is 9.10. The summed E-state index contributed by atoms with van der Waals surface area (Å²) in [7, 11) is 1.59. The Hall–Kier alpha value is -2.60. The quantitative estimate of drug-likeness (QED) is 0.727. The van der Waals surface area contributed by atoms with Gasteiger partial charge in [0, 0.05) is 16.6 Å². The van der Waals surface area contributed by atoms with Crippen LogP contribution in [0.4, 0.5) is 0 Å². The fourth-order valence-corrected chi connectivity index (χ4v) is 2.34. The smallest absolute Gasteiger partial charge is 0.267 e. The third-order valence-corrected chi connectivity index (χ3v) is 3.89. The maximum absolute atomic E-state index is 12.4. The fourth-order valence-electron chi connectivity index (χ4n) is 2.08. The molecule has 2 aromatic carbocycles. The van der Waals surface area contributed by atoms with E-state index in [0.717, 1.165) is 15.8 Å². The molecule has 2 rings (SSSR count). The van der Waals surface area contributed by atoms with Crippen molar-refractivity contribution in [3.8, 4) is 5.75 Å². The number of rotatable bonds is 6. The van der Waals surface area contributed by atoms with Gasteiger partial charge in [0.25, 0.3) is 11.8 Å². The molecule has 6 heteroatoms. The number of hydrogen-bond donors (Lipinski definition) is 2. The van der Waals surface area contributed by atoms with Gasteiger partial charge in [-0.15, -0.1) is 0 Å². The number of halogens is 1. The average Bonchev–Trinajstić information content (AvgIpc) is 2.62. The molecule has 0 atom stereocenters. The molecule has 0 saturated carbocycles. The number of hydrogen-bond acceptors (Lipinski definition) is 3. The summed E-state index contributed by atoms with van der Waals surface area (Å²) < 4.78 is 6.00. The molecule has 0 aliphatic heterocycles. The zero-order valence-corrected chi connectivity index (χ0v) is 15.6. The van der Waals surface area contributed by atoms with Crippen LogP contribution in [0.25, 0.3) is 6.08 Å². The van der Waals surface area contributed by atoms with Crippen molar-refractivity contribution >= 4 is 33.8 Å². The minimum atomic E-state index is -0.349. The van der Waals surface area contributed by atoms with Gasteiger partial charge in [-0.25, -0.2) is 0 Å². The summed E-state index contributed by atoms with van der Waals surface area (Å²) in [6.45, 7) is 2.28. The van der Waals surface area contributed by atoms with Crippen molar-refractivity contribution in [3.05, 3.63) is 69.8 Å². The second-order valence-electron chi connectivity index (χ2n) is 5.15. The Morgan fingerprint density at radius 2 is 1.72 bits per heavy atom. The fraction of sp³-hybridized carbons (Fsp3) is 0.158. The van der Waals surface area contributed by atoms with E-state index >= 15 is 0 Å². The first-order valence-corrected chi connectivity index (χ1v) is 8.53. The summed E-state index contributed by atoms with van der Waals surface area (Å²) in [6, 6.07) is 14.1. The van der Waals surface area contributed by atoms with Crippen LogP contribution >= 0.6 is 15.9 Å². The van der Waals surface area contributed by atoms with Crippen molar-refractivity contribution < 1.29 is 14.3 Å². The van der Waals surface area contributed by atoms with Crippen molar-refractivity contribution in [1.82, 2.24) is 10.6 Å². The van der Waals surface area contributed by atoms with E-state index in [1.807, 2.05) is 19.1 Å². The van der Waals surface area contributed by atoms with Gasteiger partial charge in [-0.1, -0.05) is 28.1 Å². The van der Waals surface area contributed by atoms with Crippen LogP contribution < -0.4 is 15.4 Å². The van der Waals surface area contributed by atoms with E-state index in [4.69, 9.17) is 4.74 Å². The molecule has 2 aromatic rings. The summed E-state index contributed by atoms with van der Waals surface area (Å²) in [5.41, 5.74) is 1.42. The molecule has 0 radical (unpaired) electrons. The van der Waals surface area contributed by atoms with Gasteiger partial charge >= 0.3 is 0 Å². The zero-order valence-electron chi connectivity index (χ0n) is 14.0. The second-order valence-corrected chi connectivity index (χ2v) is 6.07. The number of amides is 2. The first-order valence-electron chi connectivity index (χ1n) is 7.74. The van der Waals surface area contributed by atoms with Crippen LogP contribution in [0.3, 0.4) is 0 Å². The monoisotopic (exact) mass is 402 g/mol. The SMILES string of the molecule is CCNC(=O)C(=Cc1ccc(OC)cc1)NC(=O)c1ccc(Br)cc1. The molecule has 25 heavy (non-hydrogen) atoms. The standard InChI is InChI=1S/C19H19BrN2O3/c1-3-21-19(24)17(12-13-4-10-16(25-2)11-5-13)22-18(23)14-6-8-15(20)9-7-14/h4-12H,3H2,1-2H3,(H,21,24)(H,22,23). The Bertz CT molecular complexity index is 768. The lowest BCUT2D eigenvalue weighted by molar-refractivity contribution is -0.117. The highest BCUT2D eigenvalue weighted by Gasteiger charge is 2.14. The van der Waals surface area contributed by atoms with Crippen molar-refractivity contribution in [2.45, 2.75) is 6.92 Å². The van der Waals surface area contributed by atoms with Gasteiger partial charge in [0.1, 0.15) is 11.4 Å². The molecule has 0 saturated heterocycles. The Balaban J connectivity index is 2.25. The molecule has 0 aliphatic rings. The minimum absolute atomic E-state index is 0.180. The Labute approximate surface area is 155 Å². The molecule has 0 unspecified atom stereocenters. The molecule has 5 nitrogen and oxygen atoms in total. The van der Waals surface area contributed by atoms with Gasteiger partial charge in [0.15, 0.2) is 0 Å². The van der Waals surface area contributed by atoms with Crippen LogP contribution in [0.1, 0.15) is 22.8 Å². The van der Waals surface area contributed by atoms with E-state index < -0.39 is 0 Å². The minimum Gasteiger partial charge on any atom is -0.497 e. The number of ether oxygens (including phenoxy) is 1. The maximum Gasteiger partial charge on any atom is 0.267 e. The van der Waals surface area contributed by atoms with E-state index in [0.29, 0.717) is 12.1 Å². The van der Waals surface area contributed by atoms with Crippen LogP contribution in [0, 0.1) is 0 Å². The summed E-state index contributed by atoms with van der Waals surface area (Å²) in [6.07, 6.45) is 1.63. The van der Waals surface area contributed by atoms with E-state index in [1.54, 1.807) is 49.6 Å². The summed E-state index contributed by atoms with van der Waals surface area (Å²) in [5.74, 6) is 0.0258. The lowest BCUT2D eigenvalue weighted by atomic mass is 10.1. The van der Waals surface area contributed by atoms with Gasteiger partial charge in [0.05, 0.1) is 7.11 Å². The average molecular weight is 403 g/mol. The van der Waals surface area contributed by atoms with Crippen LogP contribution in [0.5, 0.6) is 5.75 Å². The Kier molecular flexibility index (Phi) is 6.77. The lowest BCUT2D eigenvalue weighted by Gasteiger charge is -2.10. The first kappa shape index (κ1) is 18.7. The molecule has 130 valence electrons. The number of carbonyl (C=O) groups is 2. The highest BCUT2D eigenvalue weighted by atomic mass is 79.9. The van der Waals surface area contributed by atoms with Crippen molar-refractivity contribution in [2.24, 2.45) is 0 Å². The van der Waals surface area contributed by atoms with E-state index in [-0.39, 0.29) is 17.5 Å². The Morgan fingerprint density at radius 1 is 1.08 bits per heavy atom. The van der Waals surface area contributed by atoms with Gasteiger partial charge in [-0.2, -0.15) is 0 Å². The lowest BCUT2D eigenvalue weighted by Crippen LogP contribution is -2.34. The summed E-state index contributed by atoms with van der Waals surface area (Å²) in [5, 5.41) is 5.38. The van der Waals surface area contributed by atoms with Crippen molar-refractivity contribution in [1.29, 1.82) is 0 Å². The summed E-state index contributed by atoms with van der Waals surface area (Å²) >= 11 is 3.33. The largest absolute Gasteiger partial charge is 0.497 e. The second kappa shape index (κ2) is 9.03. The molecular weight excluding hydrogens is 384 g/mol. The van der Waals surface area contributed by atoms with Crippen LogP contribution in [-0.2, 0) is 4.79 Å².